The molecule has 1 rings (SSSR count). The van der Waals surface area contributed by atoms with Gasteiger partial charge in [-0.3, -0.25) is 4.79 Å². The highest BCUT2D eigenvalue weighted by Crippen LogP contribution is 2.19. The highest BCUT2D eigenvalue weighted by Gasteiger charge is 2.26. The van der Waals surface area contributed by atoms with Crippen LogP contribution < -0.4 is 10.6 Å². The van der Waals surface area contributed by atoms with Gasteiger partial charge < -0.3 is 25.6 Å². The lowest BCUT2D eigenvalue weighted by atomic mass is 10.0. The van der Waals surface area contributed by atoms with Gasteiger partial charge in [0.25, 0.3) is 0 Å². The summed E-state index contributed by atoms with van der Waals surface area (Å²) in [6.45, 7) is 2.92. The van der Waals surface area contributed by atoms with E-state index in [9.17, 15) is 14.4 Å². The van der Waals surface area contributed by atoms with Gasteiger partial charge in [0.2, 0.25) is 0 Å². The molecule has 8 heteroatoms. The van der Waals surface area contributed by atoms with Gasteiger partial charge in [-0.05, 0) is 13.3 Å². The van der Waals surface area contributed by atoms with Crippen LogP contribution in [0, 0.1) is 5.92 Å². The molecule has 2 amide bonds. The fraction of sp³-hybridized carbons (Fsp3) is 0.727. The van der Waals surface area contributed by atoms with Gasteiger partial charge in [0.05, 0.1) is 12.5 Å². The second kappa shape index (κ2) is 6.93. The van der Waals surface area contributed by atoms with Crippen molar-refractivity contribution in [2.24, 2.45) is 5.92 Å². The predicted molar refractivity (Wildman–Crippen MR) is 63.7 cm³/mol. The Morgan fingerprint density at radius 3 is 2.53 bits per heavy atom. The summed E-state index contributed by atoms with van der Waals surface area (Å²) in [5, 5.41) is 21.9. The number of aliphatic carboxylic acids is 2. The minimum atomic E-state index is -1.44. The van der Waals surface area contributed by atoms with E-state index >= 15 is 0 Å². The van der Waals surface area contributed by atoms with E-state index in [1.54, 1.807) is 0 Å². The summed E-state index contributed by atoms with van der Waals surface area (Å²) in [5.41, 5.74) is 0. The Bertz CT molecular complexity index is 359. The van der Waals surface area contributed by atoms with Crippen molar-refractivity contribution in [3.8, 4) is 0 Å². The zero-order valence-electron chi connectivity index (χ0n) is 10.6. The number of nitrogens with one attached hydrogen (secondary N) is 2. The normalized spacial score (nSPS) is 23.6. The number of hydrogen-bond acceptors (Lipinski definition) is 4. The van der Waals surface area contributed by atoms with Crippen molar-refractivity contribution in [2.45, 2.75) is 31.9 Å². The van der Waals surface area contributed by atoms with Crippen LogP contribution in [-0.2, 0) is 14.3 Å². The highest BCUT2D eigenvalue weighted by molar-refractivity contribution is 5.86. The summed E-state index contributed by atoms with van der Waals surface area (Å²) in [5.74, 6) is -2.48. The van der Waals surface area contributed by atoms with E-state index < -0.39 is 30.4 Å². The Morgan fingerprint density at radius 1 is 1.37 bits per heavy atom. The fourth-order valence-corrected chi connectivity index (χ4v) is 1.85. The molecule has 0 aromatic heterocycles. The van der Waals surface area contributed by atoms with Gasteiger partial charge in [-0.1, -0.05) is 0 Å². The predicted octanol–water partition coefficient (Wildman–Crippen LogP) is -0.361. The molecule has 0 aromatic carbocycles. The monoisotopic (exact) mass is 274 g/mol. The number of amides is 2. The van der Waals surface area contributed by atoms with Gasteiger partial charge in [-0.25, -0.2) is 9.59 Å². The van der Waals surface area contributed by atoms with E-state index in [-0.39, 0.29) is 12.0 Å². The van der Waals surface area contributed by atoms with Crippen LogP contribution in [0.3, 0.4) is 0 Å². The molecule has 19 heavy (non-hydrogen) atoms. The van der Waals surface area contributed by atoms with Crippen molar-refractivity contribution in [1.29, 1.82) is 0 Å². The van der Waals surface area contributed by atoms with Crippen LogP contribution >= 0.6 is 0 Å². The van der Waals surface area contributed by atoms with E-state index in [4.69, 9.17) is 14.9 Å². The number of rotatable bonds is 6. The van der Waals surface area contributed by atoms with Crippen molar-refractivity contribution in [3.05, 3.63) is 0 Å². The van der Waals surface area contributed by atoms with Crippen LogP contribution in [0.25, 0.3) is 0 Å². The van der Waals surface area contributed by atoms with Gasteiger partial charge in [0, 0.05) is 19.1 Å². The zero-order chi connectivity index (χ0) is 14.4. The number of ether oxygens (including phenoxy) is 1. The SMILES string of the molecule is CC1OCCC1CNC(=O)N[C@@H](CC(=O)O)C(=O)O. The van der Waals surface area contributed by atoms with Crippen LogP contribution in [0.2, 0.25) is 0 Å². The maximum Gasteiger partial charge on any atom is 0.326 e. The second-order valence-corrected chi connectivity index (χ2v) is 4.47. The lowest BCUT2D eigenvalue weighted by Gasteiger charge is -2.17. The van der Waals surface area contributed by atoms with Crippen molar-refractivity contribution in [2.75, 3.05) is 13.2 Å². The fourth-order valence-electron chi connectivity index (χ4n) is 1.85. The molecule has 0 saturated carbocycles. The molecule has 1 aliphatic heterocycles. The summed E-state index contributed by atoms with van der Waals surface area (Å²) in [7, 11) is 0. The first-order chi connectivity index (χ1) is 8.90. The Balaban J connectivity index is 2.35. The topological polar surface area (TPSA) is 125 Å². The molecule has 0 bridgehead atoms. The highest BCUT2D eigenvalue weighted by atomic mass is 16.5. The number of hydrogen-bond donors (Lipinski definition) is 4. The first-order valence-electron chi connectivity index (χ1n) is 6.00. The summed E-state index contributed by atoms with van der Waals surface area (Å²) in [6.07, 6.45) is 0.222. The molecule has 1 saturated heterocycles. The summed E-state index contributed by atoms with van der Waals surface area (Å²) in [4.78, 5) is 32.7. The van der Waals surface area contributed by atoms with Crippen molar-refractivity contribution in [3.63, 3.8) is 0 Å². The molecule has 1 fully saturated rings. The number of carboxylic acids is 2. The Kier molecular flexibility index (Phi) is 5.56. The third-order valence-corrected chi connectivity index (χ3v) is 3.04. The van der Waals surface area contributed by atoms with Gasteiger partial charge in [-0.2, -0.15) is 0 Å². The van der Waals surface area contributed by atoms with E-state index in [2.05, 4.69) is 10.6 Å². The standard InChI is InChI=1S/C11H18N2O6/c1-6-7(2-3-19-6)5-12-11(18)13-8(10(16)17)4-9(14)15/h6-8H,2-5H2,1H3,(H,14,15)(H,16,17)(H2,12,13,18)/t6?,7?,8-/m0/s1. The lowest BCUT2D eigenvalue weighted by Crippen LogP contribution is -2.48. The maximum absolute atomic E-state index is 11.5. The van der Waals surface area contributed by atoms with Gasteiger partial charge in [0.1, 0.15) is 6.04 Å². The summed E-state index contributed by atoms with van der Waals surface area (Å²) in [6, 6.07) is -2.12. The van der Waals surface area contributed by atoms with Crippen molar-refractivity contribution in [1.82, 2.24) is 10.6 Å². The average Bonchev–Trinajstić information content (AvgIpc) is 2.70. The first kappa shape index (κ1) is 15.2. The molecule has 3 atom stereocenters. The quantitative estimate of drug-likeness (QED) is 0.524. The molecule has 0 spiro atoms. The largest absolute Gasteiger partial charge is 0.481 e. The van der Waals surface area contributed by atoms with Crippen LogP contribution in [-0.4, -0.2) is 53.5 Å². The summed E-state index contributed by atoms with van der Waals surface area (Å²) < 4.78 is 5.33. The second-order valence-electron chi connectivity index (χ2n) is 4.47. The Labute approximate surface area is 110 Å². The van der Waals surface area contributed by atoms with Crippen molar-refractivity contribution < 1.29 is 29.3 Å². The zero-order valence-corrected chi connectivity index (χ0v) is 10.6. The van der Waals surface area contributed by atoms with Gasteiger partial charge in [0.15, 0.2) is 0 Å². The first-order valence-corrected chi connectivity index (χ1v) is 6.00. The molecule has 0 aliphatic carbocycles. The number of carbonyl (C=O) groups is 3. The molecule has 1 heterocycles. The van der Waals surface area contributed by atoms with Gasteiger partial charge >= 0.3 is 18.0 Å². The molecule has 8 nitrogen and oxygen atoms in total. The van der Waals surface area contributed by atoms with Crippen LogP contribution in [0.1, 0.15) is 19.8 Å². The van der Waals surface area contributed by atoms with Crippen LogP contribution in [0.4, 0.5) is 4.79 Å². The molecule has 108 valence electrons. The molecule has 4 N–H and O–H groups in total. The smallest absolute Gasteiger partial charge is 0.326 e. The molecule has 1 aliphatic rings. The molecule has 2 unspecified atom stereocenters. The summed E-state index contributed by atoms with van der Waals surface area (Å²) >= 11 is 0. The molecule has 0 aromatic rings. The number of carbonyl (C=O) groups excluding carboxylic acids is 1. The third-order valence-electron chi connectivity index (χ3n) is 3.04. The molecular formula is C11H18N2O6. The Hall–Kier alpha value is -1.83. The van der Waals surface area contributed by atoms with E-state index in [1.165, 1.54) is 0 Å². The van der Waals surface area contributed by atoms with E-state index in [1.807, 2.05) is 6.92 Å². The van der Waals surface area contributed by atoms with E-state index in [0.29, 0.717) is 13.2 Å². The molecule has 0 radical (unpaired) electrons. The molecular weight excluding hydrogens is 256 g/mol. The average molecular weight is 274 g/mol. The maximum atomic E-state index is 11.5. The van der Waals surface area contributed by atoms with E-state index in [0.717, 1.165) is 6.42 Å². The van der Waals surface area contributed by atoms with Crippen molar-refractivity contribution >= 4 is 18.0 Å². The Morgan fingerprint density at radius 2 is 2.05 bits per heavy atom. The van der Waals surface area contributed by atoms with Crippen LogP contribution in [0.5, 0.6) is 0 Å². The van der Waals surface area contributed by atoms with Crippen LogP contribution in [0.15, 0.2) is 0 Å². The minimum absolute atomic E-state index is 0.0505. The number of carboxylic acid groups (broad SMARTS) is 2. The van der Waals surface area contributed by atoms with Gasteiger partial charge in [-0.15, -0.1) is 0 Å². The number of urea groups is 1. The lowest BCUT2D eigenvalue weighted by molar-refractivity contribution is -0.145. The minimum Gasteiger partial charge on any atom is -0.481 e. The third kappa shape index (κ3) is 5.12.